The van der Waals surface area contributed by atoms with Gasteiger partial charge in [0.2, 0.25) is 5.75 Å². The first-order chi connectivity index (χ1) is 16.5. The molecule has 1 saturated heterocycles. The van der Waals surface area contributed by atoms with Gasteiger partial charge in [-0.2, -0.15) is 13.2 Å². The number of thiocarbonyl (C=S) groups is 1. The Hall–Kier alpha value is -3.77. The van der Waals surface area contributed by atoms with Crippen LogP contribution in [0.25, 0.3) is 6.08 Å². The summed E-state index contributed by atoms with van der Waals surface area (Å²) >= 11 is 6.20. The Bertz CT molecular complexity index is 1390. The van der Waals surface area contributed by atoms with Gasteiger partial charge in [0.1, 0.15) is 11.6 Å². The summed E-state index contributed by atoms with van der Waals surface area (Å²) in [6, 6.07) is 13.7. The zero-order chi connectivity index (χ0) is 25.3. The van der Waals surface area contributed by atoms with Gasteiger partial charge in [0.15, 0.2) is 4.32 Å². The van der Waals surface area contributed by atoms with Crippen LogP contribution in [-0.4, -0.2) is 15.2 Å². The minimum Gasteiger partial charge on any atom is -0.450 e. The minimum absolute atomic E-state index is 0.0186. The summed E-state index contributed by atoms with van der Waals surface area (Å²) in [7, 11) is 0. The van der Waals surface area contributed by atoms with Crippen molar-refractivity contribution in [1.82, 2.24) is 0 Å². The molecule has 0 unspecified atom stereocenters. The minimum atomic E-state index is -4.75. The van der Waals surface area contributed by atoms with Crippen LogP contribution >= 0.6 is 24.0 Å². The first-order valence-corrected chi connectivity index (χ1v) is 10.9. The standard InChI is InChI=1S/C23H12F4N2O4S2/c24-16-6-1-2-7-17(16)28-21(30)20(35-22(28)34)11-13-4-3-5-15(10-13)33-19-9-8-14(23(25,26)27)12-18(19)29(31)32/h1-12H/b20-11-. The van der Waals surface area contributed by atoms with Gasteiger partial charge in [0.25, 0.3) is 5.91 Å². The highest BCUT2D eigenvalue weighted by molar-refractivity contribution is 8.27. The van der Waals surface area contributed by atoms with Gasteiger partial charge in [-0.25, -0.2) is 4.39 Å². The Morgan fingerprint density at radius 1 is 1.06 bits per heavy atom. The Morgan fingerprint density at radius 3 is 2.49 bits per heavy atom. The van der Waals surface area contributed by atoms with Crippen molar-refractivity contribution >= 4 is 51.7 Å². The normalized spacial score (nSPS) is 15.1. The number of halogens is 4. The maximum atomic E-state index is 14.2. The van der Waals surface area contributed by atoms with Crippen LogP contribution < -0.4 is 9.64 Å². The van der Waals surface area contributed by atoms with Gasteiger partial charge in [-0.1, -0.05) is 48.2 Å². The number of nitro groups is 1. The van der Waals surface area contributed by atoms with E-state index in [9.17, 15) is 32.5 Å². The number of ether oxygens (including phenoxy) is 1. The van der Waals surface area contributed by atoms with E-state index in [0.29, 0.717) is 17.7 Å². The van der Waals surface area contributed by atoms with E-state index in [4.69, 9.17) is 17.0 Å². The Labute approximate surface area is 205 Å². The summed E-state index contributed by atoms with van der Waals surface area (Å²) in [6.45, 7) is 0. The lowest BCUT2D eigenvalue weighted by molar-refractivity contribution is -0.385. The molecule has 3 aromatic rings. The third-order valence-electron chi connectivity index (χ3n) is 4.75. The second-order valence-corrected chi connectivity index (χ2v) is 8.76. The molecule has 0 radical (unpaired) electrons. The zero-order valence-corrected chi connectivity index (χ0v) is 18.9. The van der Waals surface area contributed by atoms with Crippen molar-refractivity contribution in [3.05, 3.63) is 98.7 Å². The molecule has 1 aliphatic rings. The third-order valence-corrected chi connectivity index (χ3v) is 6.06. The maximum Gasteiger partial charge on any atom is 0.416 e. The summed E-state index contributed by atoms with van der Waals surface area (Å²) in [5.41, 5.74) is -1.56. The Balaban J connectivity index is 1.61. The predicted octanol–water partition coefficient (Wildman–Crippen LogP) is 6.95. The number of amides is 1. The Kier molecular flexibility index (Phi) is 6.59. The van der Waals surface area contributed by atoms with Crippen molar-refractivity contribution in [2.75, 3.05) is 4.90 Å². The lowest BCUT2D eigenvalue weighted by Crippen LogP contribution is -2.28. The maximum absolute atomic E-state index is 14.2. The van der Waals surface area contributed by atoms with Crippen LogP contribution in [-0.2, 0) is 11.0 Å². The van der Waals surface area contributed by atoms with Gasteiger partial charge in [0.05, 0.1) is 21.1 Å². The second-order valence-electron chi connectivity index (χ2n) is 7.08. The summed E-state index contributed by atoms with van der Waals surface area (Å²) in [5, 5.41) is 11.3. The van der Waals surface area contributed by atoms with Gasteiger partial charge >= 0.3 is 11.9 Å². The fourth-order valence-electron chi connectivity index (χ4n) is 3.18. The molecular formula is C23H12F4N2O4S2. The number of anilines is 1. The molecule has 0 N–H and O–H groups in total. The predicted molar refractivity (Wildman–Crippen MR) is 127 cm³/mol. The van der Waals surface area contributed by atoms with E-state index in [0.717, 1.165) is 22.7 Å². The van der Waals surface area contributed by atoms with E-state index in [2.05, 4.69) is 0 Å². The third kappa shape index (κ3) is 5.17. The number of hydrogen-bond donors (Lipinski definition) is 0. The molecule has 1 heterocycles. The second kappa shape index (κ2) is 9.47. The SMILES string of the molecule is O=C1/C(=C/c2cccc(Oc3ccc(C(F)(F)F)cc3[N+](=O)[O-])c2)SC(=S)N1c1ccccc1F. The monoisotopic (exact) mass is 520 g/mol. The molecule has 3 aromatic carbocycles. The molecule has 1 aliphatic heterocycles. The molecule has 0 bridgehead atoms. The number of nitrogens with zero attached hydrogens (tertiary/aromatic N) is 2. The number of carbonyl (C=O) groups excluding carboxylic acids is 1. The van der Waals surface area contributed by atoms with Gasteiger partial charge in [0, 0.05) is 6.07 Å². The van der Waals surface area contributed by atoms with Crippen LogP contribution in [0.4, 0.5) is 28.9 Å². The molecule has 12 heteroatoms. The summed E-state index contributed by atoms with van der Waals surface area (Å²) in [5.74, 6) is -1.44. The van der Waals surface area contributed by atoms with Crippen molar-refractivity contribution in [3.8, 4) is 11.5 Å². The molecule has 0 saturated carbocycles. The molecule has 1 amide bonds. The highest BCUT2D eigenvalue weighted by Crippen LogP contribution is 2.39. The van der Waals surface area contributed by atoms with Crippen molar-refractivity contribution in [2.24, 2.45) is 0 Å². The topological polar surface area (TPSA) is 72.7 Å². The number of nitro benzene ring substituents is 1. The number of alkyl halides is 3. The fraction of sp³-hybridized carbons (Fsp3) is 0.0435. The van der Waals surface area contributed by atoms with Crippen molar-refractivity contribution < 1.29 is 32.0 Å². The first-order valence-electron chi connectivity index (χ1n) is 9.70. The fourth-order valence-corrected chi connectivity index (χ4v) is 4.46. The number of thioether (sulfide) groups is 1. The molecular weight excluding hydrogens is 508 g/mol. The van der Waals surface area contributed by atoms with E-state index in [1.165, 1.54) is 42.5 Å². The van der Waals surface area contributed by atoms with Crippen molar-refractivity contribution in [2.45, 2.75) is 6.18 Å². The molecule has 4 rings (SSSR count). The molecule has 0 atom stereocenters. The number of benzene rings is 3. The van der Waals surface area contributed by atoms with E-state index >= 15 is 0 Å². The first kappa shape index (κ1) is 24.4. The van der Waals surface area contributed by atoms with E-state index in [1.54, 1.807) is 12.1 Å². The smallest absolute Gasteiger partial charge is 0.416 e. The van der Waals surface area contributed by atoms with Gasteiger partial charge in [-0.05, 0) is 48.0 Å². The van der Waals surface area contributed by atoms with Crippen molar-refractivity contribution in [1.29, 1.82) is 0 Å². The summed E-state index contributed by atoms with van der Waals surface area (Å²) < 4.78 is 58.6. The highest BCUT2D eigenvalue weighted by atomic mass is 32.2. The lowest BCUT2D eigenvalue weighted by atomic mass is 10.1. The van der Waals surface area contributed by atoms with Crippen LogP contribution in [0, 0.1) is 15.9 Å². The van der Waals surface area contributed by atoms with Gasteiger partial charge in [-0.15, -0.1) is 0 Å². The highest BCUT2D eigenvalue weighted by Gasteiger charge is 2.35. The summed E-state index contributed by atoms with van der Waals surface area (Å²) in [6.07, 6.45) is -3.27. The average molecular weight is 520 g/mol. The largest absolute Gasteiger partial charge is 0.450 e. The van der Waals surface area contributed by atoms with Crippen LogP contribution in [0.15, 0.2) is 71.6 Å². The molecule has 35 heavy (non-hydrogen) atoms. The number of hydrogen-bond acceptors (Lipinski definition) is 6. The molecule has 0 aromatic heterocycles. The number of para-hydroxylation sites is 1. The molecule has 178 valence electrons. The van der Waals surface area contributed by atoms with Crippen LogP contribution in [0.1, 0.15) is 11.1 Å². The van der Waals surface area contributed by atoms with Crippen LogP contribution in [0.5, 0.6) is 11.5 Å². The lowest BCUT2D eigenvalue weighted by Gasteiger charge is -2.14. The van der Waals surface area contributed by atoms with Gasteiger partial charge in [-0.3, -0.25) is 19.8 Å². The average Bonchev–Trinajstić information content (AvgIpc) is 3.06. The molecule has 6 nitrogen and oxygen atoms in total. The van der Waals surface area contributed by atoms with Crippen molar-refractivity contribution in [3.63, 3.8) is 0 Å². The van der Waals surface area contributed by atoms with Crippen LogP contribution in [0.2, 0.25) is 0 Å². The van der Waals surface area contributed by atoms with E-state index < -0.39 is 34.1 Å². The molecule has 0 aliphatic carbocycles. The number of rotatable bonds is 5. The molecule has 0 spiro atoms. The van der Waals surface area contributed by atoms with Gasteiger partial charge < -0.3 is 4.74 Å². The van der Waals surface area contributed by atoms with E-state index in [1.807, 2.05) is 0 Å². The molecule has 1 fully saturated rings. The number of carbonyl (C=O) groups is 1. The van der Waals surface area contributed by atoms with Crippen LogP contribution in [0.3, 0.4) is 0 Å². The quantitative estimate of drug-likeness (QED) is 0.119. The summed E-state index contributed by atoms with van der Waals surface area (Å²) in [4.78, 5) is 24.5. The Morgan fingerprint density at radius 2 is 1.80 bits per heavy atom. The zero-order valence-electron chi connectivity index (χ0n) is 17.3. The van der Waals surface area contributed by atoms with E-state index in [-0.39, 0.29) is 26.4 Å².